The second-order valence-corrected chi connectivity index (χ2v) is 7.50. The Hall–Kier alpha value is -1.95. The Morgan fingerprint density at radius 1 is 1.44 bits per heavy atom. The van der Waals surface area contributed by atoms with Gasteiger partial charge in [-0.3, -0.25) is 9.59 Å². The van der Waals surface area contributed by atoms with Crippen molar-refractivity contribution >= 4 is 11.8 Å². The maximum atomic E-state index is 13.2. The first-order valence-electron chi connectivity index (χ1n) is 8.71. The highest BCUT2D eigenvalue weighted by Gasteiger charge is 2.30. The van der Waals surface area contributed by atoms with Gasteiger partial charge in [-0.15, -0.1) is 0 Å². The number of rotatable bonds is 7. The van der Waals surface area contributed by atoms with Gasteiger partial charge in [0.2, 0.25) is 11.8 Å². The van der Waals surface area contributed by atoms with Crippen molar-refractivity contribution in [2.45, 2.75) is 33.1 Å². The number of piperidine rings is 1. The summed E-state index contributed by atoms with van der Waals surface area (Å²) in [6.45, 7) is 5.02. The summed E-state index contributed by atoms with van der Waals surface area (Å²) < 4.78 is 13.2. The van der Waals surface area contributed by atoms with Crippen LogP contribution in [0.4, 0.5) is 4.39 Å². The maximum Gasteiger partial charge on any atom is 0.224 e. The molecule has 1 aliphatic rings. The number of carbonyl (C=O) groups is 2. The smallest absolute Gasteiger partial charge is 0.224 e. The number of amides is 2. The third kappa shape index (κ3) is 5.81. The second kappa shape index (κ2) is 8.43. The molecule has 1 heterocycles. The van der Waals surface area contributed by atoms with E-state index in [1.807, 2.05) is 19.9 Å². The monoisotopic (exact) mass is 350 g/mol. The van der Waals surface area contributed by atoms with Crippen molar-refractivity contribution in [1.29, 1.82) is 0 Å². The average Bonchev–Trinajstić information content (AvgIpc) is 2.59. The minimum atomic E-state index is -0.364. The Labute approximate surface area is 148 Å². The van der Waals surface area contributed by atoms with Crippen molar-refractivity contribution in [3.8, 4) is 0 Å². The lowest BCUT2D eigenvalue weighted by atomic mass is 9.93. The molecule has 0 unspecified atom stereocenters. The maximum absolute atomic E-state index is 13.2. The highest BCUT2D eigenvalue weighted by atomic mass is 19.1. The fraction of sp³-hybridized carbons (Fsp3) is 0.579. The molecule has 2 N–H and O–H groups in total. The van der Waals surface area contributed by atoms with Crippen molar-refractivity contribution in [1.82, 2.24) is 10.2 Å². The van der Waals surface area contributed by atoms with Gasteiger partial charge >= 0.3 is 0 Å². The van der Waals surface area contributed by atoms with Crippen LogP contribution in [0.25, 0.3) is 0 Å². The minimum Gasteiger partial charge on any atom is -0.396 e. The zero-order valence-electron chi connectivity index (χ0n) is 14.9. The van der Waals surface area contributed by atoms with E-state index in [0.29, 0.717) is 38.9 Å². The molecule has 0 aliphatic carbocycles. The molecule has 1 fully saturated rings. The van der Waals surface area contributed by atoms with Crippen LogP contribution in [0, 0.1) is 17.2 Å². The first kappa shape index (κ1) is 19.4. The molecule has 0 saturated carbocycles. The van der Waals surface area contributed by atoms with Crippen molar-refractivity contribution in [2.24, 2.45) is 11.3 Å². The fourth-order valence-electron chi connectivity index (χ4n) is 2.83. The fourth-order valence-corrected chi connectivity index (χ4v) is 2.83. The van der Waals surface area contributed by atoms with Crippen molar-refractivity contribution in [3.05, 3.63) is 35.6 Å². The summed E-state index contributed by atoms with van der Waals surface area (Å²) in [4.78, 5) is 26.1. The molecule has 1 atom stereocenters. The Bertz CT molecular complexity index is 618. The zero-order chi connectivity index (χ0) is 18.4. The van der Waals surface area contributed by atoms with Crippen molar-refractivity contribution in [3.63, 3.8) is 0 Å². The predicted molar refractivity (Wildman–Crippen MR) is 93.3 cm³/mol. The Morgan fingerprint density at radius 2 is 2.20 bits per heavy atom. The number of nitrogens with zero attached hydrogens (tertiary/aromatic N) is 1. The van der Waals surface area contributed by atoms with E-state index in [0.717, 1.165) is 5.56 Å². The number of halogens is 1. The molecule has 1 saturated heterocycles. The molecule has 0 bridgehead atoms. The first-order valence-corrected chi connectivity index (χ1v) is 8.71. The second-order valence-electron chi connectivity index (χ2n) is 7.50. The van der Waals surface area contributed by atoms with Gasteiger partial charge in [-0.2, -0.15) is 0 Å². The summed E-state index contributed by atoms with van der Waals surface area (Å²) in [6.07, 6.45) is 1.46. The van der Waals surface area contributed by atoms with E-state index in [1.54, 1.807) is 11.0 Å². The Balaban J connectivity index is 1.87. The van der Waals surface area contributed by atoms with Gasteiger partial charge in [-0.1, -0.05) is 26.0 Å². The number of benzene rings is 1. The minimum absolute atomic E-state index is 0.00378. The van der Waals surface area contributed by atoms with E-state index in [4.69, 9.17) is 0 Å². The van der Waals surface area contributed by atoms with Crippen molar-refractivity contribution < 1.29 is 19.1 Å². The van der Waals surface area contributed by atoms with Crippen LogP contribution in [0.3, 0.4) is 0 Å². The molecule has 1 aromatic carbocycles. The van der Waals surface area contributed by atoms with Gasteiger partial charge in [0.1, 0.15) is 5.82 Å². The van der Waals surface area contributed by atoms with E-state index in [1.165, 1.54) is 12.1 Å². The van der Waals surface area contributed by atoms with Crippen LogP contribution >= 0.6 is 0 Å². The molecule has 0 spiro atoms. The van der Waals surface area contributed by atoms with Gasteiger partial charge in [0, 0.05) is 38.1 Å². The van der Waals surface area contributed by atoms with E-state index < -0.39 is 0 Å². The number of aliphatic hydroxyl groups excluding tert-OH is 1. The molecular formula is C19H27FN2O3. The number of nitrogens with one attached hydrogen (secondary N) is 1. The molecule has 1 aliphatic heterocycles. The third-order valence-corrected chi connectivity index (χ3v) is 4.60. The third-order valence-electron chi connectivity index (χ3n) is 4.60. The molecule has 0 aromatic heterocycles. The summed E-state index contributed by atoms with van der Waals surface area (Å²) in [6, 6.07) is 6.35. The van der Waals surface area contributed by atoms with E-state index in [2.05, 4.69) is 5.32 Å². The highest BCUT2D eigenvalue weighted by Crippen LogP contribution is 2.19. The van der Waals surface area contributed by atoms with Gasteiger partial charge in [-0.05, 0) is 30.5 Å². The first-order chi connectivity index (χ1) is 11.8. The molecule has 1 aromatic rings. The topological polar surface area (TPSA) is 69.6 Å². The van der Waals surface area contributed by atoms with Crippen LogP contribution in [0.1, 0.15) is 32.3 Å². The molecule has 0 radical (unpaired) electrons. The van der Waals surface area contributed by atoms with Gasteiger partial charge in [0.25, 0.3) is 0 Å². The molecule has 2 rings (SSSR count). The molecule has 138 valence electrons. The number of hydrogen-bond donors (Lipinski definition) is 2. The standard InChI is InChI=1S/C19H27FN2O3/c1-19(2,13-23)12-21-18(25)15-6-7-17(24)22(11-15)9-8-14-4-3-5-16(20)10-14/h3-5,10,15,23H,6-9,11-13H2,1-2H3,(H,21,25)/t15-/m1/s1. The zero-order valence-corrected chi connectivity index (χ0v) is 14.9. The largest absolute Gasteiger partial charge is 0.396 e. The molecule has 5 nitrogen and oxygen atoms in total. The number of likely N-dealkylation sites (tertiary alicyclic amines) is 1. The predicted octanol–water partition coefficient (Wildman–Crippen LogP) is 1.74. The van der Waals surface area contributed by atoms with Crippen LogP contribution in [-0.2, 0) is 16.0 Å². The summed E-state index contributed by atoms with van der Waals surface area (Å²) >= 11 is 0. The van der Waals surface area contributed by atoms with E-state index in [9.17, 15) is 19.1 Å². The molecule has 2 amide bonds. The lowest BCUT2D eigenvalue weighted by Crippen LogP contribution is -2.48. The average molecular weight is 350 g/mol. The summed E-state index contributed by atoms with van der Waals surface area (Å²) in [5, 5.41) is 12.1. The normalized spacial score (nSPS) is 18.3. The van der Waals surface area contributed by atoms with Crippen LogP contribution in [0.15, 0.2) is 24.3 Å². The van der Waals surface area contributed by atoms with Gasteiger partial charge in [-0.25, -0.2) is 4.39 Å². The van der Waals surface area contributed by atoms with Crippen LogP contribution in [-0.4, -0.2) is 48.1 Å². The van der Waals surface area contributed by atoms with E-state index in [-0.39, 0.29) is 35.6 Å². The molecule has 25 heavy (non-hydrogen) atoms. The Morgan fingerprint density at radius 3 is 2.88 bits per heavy atom. The van der Waals surface area contributed by atoms with E-state index >= 15 is 0 Å². The number of hydrogen-bond acceptors (Lipinski definition) is 3. The lowest BCUT2D eigenvalue weighted by Gasteiger charge is -2.32. The summed E-state index contributed by atoms with van der Waals surface area (Å²) in [5.74, 6) is -0.563. The van der Waals surface area contributed by atoms with Gasteiger partial charge in [0.05, 0.1) is 5.92 Å². The van der Waals surface area contributed by atoms with Crippen LogP contribution in [0.2, 0.25) is 0 Å². The van der Waals surface area contributed by atoms with Crippen LogP contribution < -0.4 is 5.32 Å². The van der Waals surface area contributed by atoms with Gasteiger partial charge < -0.3 is 15.3 Å². The van der Waals surface area contributed by atoms with Crippen molar-refractivity contribution in [2.75, 3.05) is 26.2 Å². The molecule has 6 heteroatoms. The number of carbonyl (C=O) groups excluding carboxylic acids is 2. The quantitative estimate of drug-likeness (QED) is 0.787. The lowest BCUT2D eigenvalue weighted by molar-refractivity contribution is -0.138. The van der Waals surface area contributed by atoms with Gasteiger partial charge in [0.15, 0.2) is 0 Å². The number of aliphatic hydroxyl groups is 1. The summed E-state index contributed by atoms with van der Waals surface area (Å²) in [7, 11) is 0. The Kier molecular flexibility index (Phi) is 6.53. The van der Waals surface area contributed by atoms with Crippen LogP contribution in [0.5, 0.6) is 0 Å². The molecular weight excluding hydrogens is 323 g/mol. The SMILES string of the molecule is CC(C)(CO)CNC(=O)[C@@H]1CCC(=O)N(CCc2cccc(F)c2)C1. The summed E-state index contributed by atoms with van der Waals surface area (Å²) in [5.41, 5.74) is 0.473. The highest BCUT2D eigenvalue weighted by molar-refractivity contribution is 5.83.